The average molecular weight is 385 g/mol. The number of benzene rings is 1. The third kappa shape index (κ3) is 3.95. The molecule has 0 fully saturated rings. The van der Waals surface area contributed by atoms with Crippen LogP contribution in [0.4, 0.5) is 4.79 Å². The fourth-order valence-corrected chi connectivity index (χ4v) is 3.28. The number of halogens is 1. The minimum atomic E-state index is -0.444. The van der Waals surface area contributed by atoms with Crippen molar-refractivity contribution in [3.8, 4) is 11.3 Å². The Balaban J connectivity index is 2.04. The molecular formula is C20H21ClN4O2. The molecule has 0 spiro atoms. The van der Waals surface area contributed by atoms with E-state index in [-0.39, 0.29) is 0 Å². The lowest BCUT2D eigenvalue weighted by atomic mass is 10.1. The van der Waals surface area contributed by atoms with E-state index in [0.29, 0.717) is 18.2 Å². The van der Waals surface area contributed by atoms with Crippen LogP contribution in [0.1, 0.15) is 18.1 Å². The molecule has 0 aliphatic rings. The Labute approximate surface area is 162 Å². The first kappa shape index (κ1) is 18.9. The second-order valence-corrected chi connectivity index (χ2v) is 6.46. The van der Waals surface area contributed by atoms with Crippen LogP contribution in [-0.4, -0.2) is 35.5 Å². The molecule has 3 aromatic rings. The largest absolute Gasteiger partial charge is 0.450 e. The summed E-state index contributed by atoms with van der Waals surface area (Å²) in [5, 5.41) is 4.46. The van der Waals surface area contributed by atoms with E-state index in [1.807, 2.05) is 37.5 Å². The predicted octanol–water partition coefficient (Wildman–Crippen LogP) is 4.19. The molecule has 0 saturated heterocycles. The first-order valence-corrected chi connectivity index (χ1v) is 8.98. The van der Waals surface area contributed by atoms with Crippen LogP contribution in [0.5, 0.6) is 0 Å². The number of carbonyl (C=O) groups is 1. The van der Waals surface area contributed by atoms with Gasteiger partial charge in [-0.1, -0.05) is 17.7 Å². The maximum Gasteiger partial charge on any atom is 0.407 e. The maximum atomic E-state index is 11.5. The fourth-order valence-electron chi connectivity index (χ4n) is 3.12. The molecule has 0 saturated carbocycles. The Hall–Kier alpha value is -2.86. The predicted molar refractivity (Wildman–Crippen MR) is 109 cm³/mol. The van der Waals surface area contributed by atoms with Crippen molar-refractivity contribution in [2.45, 2.75) is 13.5 Å². The second kappa shape index (κ2) is 8.22. The number of alkyl carbamates (subject to hydrolysis) is 1. The molecule has 2 aromatic heterocycles. The zero-order valence-corrected chi connectivity index (χ0v) is 16.2. The second-order valence-electron chi connectivity index (χ2n) is 6.03. The van der Waals surface area contributed by atoms with Crippen LogP contribution < -0.4 is 5.32 Å². The number of hydrogen-bond donors (Lipinski definition) is 1. The van der Waals surface area contributed by atoms with Gasteiger partial charge in [-0.25, -0.2) is 4.79 Å². The molecule has 0 aliphatic carbocycles. The van der Waals surface area contributed by atoms with Gasteiger partial charge in [0.2, 0.25) is 0 Å². The molecule has 0 unspecified atom stereocenters. The highest BCUT2D eigenvalue weighted by atomic mass is 35.5. The van der Waals surface area contributed by atoms with Crippen LogP contribution in [0.15, 0.2) is 41.7 Å². The van der Waals surface area contributed by atoms with Crippen molar-refractivity contribution < 1.29 is 9.53 Å². The molecule has 0 atom stereocenters. The summed E-state index contributed by atoms with van der Waals surface area (Å²) in [6.07, 6.45) is 4.93. The van der Waals surface area contributed by atoms with Crippen molar-refractivity contribution in [1.82, 2.24) is 14.9 Å². The lowest BCUT2D eigenvalue weighted by Crippen LogP contribution is -2.23. The summed E-state index contributed by atoms with van der Waals surface area (Å²) < 4.78 is 6.98. The highest BCUT2D eigenvalue weighted by Crippen LogP contribution is 2.33. The summed E-state index contributed by atoms with van der Waals surface area (Å²) in [4.78, 5) is 20.1. The molecule has 1 N–H and O–H groups in total. The van der Waals surface area contributed by atoms with E-state index in [2.05, 4.69) is 19.9 Å². The number of carbonyl (C=O) groups excluding carboxylic acids is 1. The van der Waals surface area contributed by atoms with Crippen LogP contribution >= 0.6 is 11.6 Å². The molecule has 0 aliphatic heterocycles. The van der Waals surface area contributed by atoms with Gasteiger partial charge in [-0.3, -0.25) is 9.98 Å². The van der Waals surface area contributed by atoms with Gasteiger partial charge in [-0.05, 0) is 30.7 Å². The standard InChI is InChI=1S/C20H21ClN4O2/c1-4-27-20(26)24-10-13-7-14(11-23-9-13)19-17(12-22-2)16-6-5-15(21)8-18(16)25(19)3/h5-9,11-12H,4,10H2,1-3H3,(H,24,26). The van der Waals surface area contributed by atoms with Gasteiger partial charge in [0, 0.05) is 60.8 Å². The van der Waals surface area contributed by atoms with Gasteiger partial charge in [0.05, 0.1) is 17.8 Å². The lowest BCUT2D eigenvalue weighted by Gasteiger charge is -2.09. The Morgan fingerprint density at radius 1 is 1.37 bits per heavy atom. The molecule has 0 bridgehead atoms. The van der Waals surface area contributed by atoms with Crippen LogP contribution in [-0.2, 0) is 18.3 Å². The lowest BCUT2D eigenvalue weighted by molar-refractivity contribution is 0.151. The molecule has 27 heavy (non-hydrogen) atoms. The molecule has 1 aromatic carbocycles. The van der Waals surface area contributed by atoms with E-state index in [1.54, 1.807) is 26.4 Å². The summed E-state index contributed by atoms with van der Waals surface area (Å²) in [5.74, 6) is 0. The van der Waals surface area contributed by atoms with Gasteiger partial charge in [0.25, 0.3) is 0 Å². The Bertz CT molecular complexity index is 1010. The zero-order chi connectivity index (χ0) is 19.4. The van der Waals surface area contributed by atoms with Crippen LogP contribution in [0.3, 0.4) is 0 Å². The molecule has 0 radical (unpaired) electrons. The molecule has 140 valence electrons. The van der Waals surface area contributed by atoms with Crippen molar-refractivity contribution >= 4 is 34.8 Å². The van der Waals surface area contributed by atoms with Gasteiger partial charge in [-0.2, -0.15) is 0 Å². The number of fused-ring (bicyclic) bond motifs is 1. The van der Waals surface area contributed by atoms with Gasteiger partial charge in [0.1, 0.15) is 0 Å². The first-order chi connectivity index (χ1) is 13.0. The number of aryl methyl sites for hydroxylation is 1. The van der Waals surface area contributed by atoms with Gasteiger partial charge in [-0.15, -0.1) is 0 Å². The molecular weight excluding hydrogens is 364 g/mol. The summed E-state index contributed by atoms with van der Waals surface area (Å²) in [7, 11) is 3.74. The van der Waals surface area contributed by atoms with E-state index in [9.17, 15) is 4.79 Å². The van der Waals surface area contributed by atoms with E-state index < -0.39 is 6.09 Å². The first-order valence-electron chi connectivity index (χ1n) is 8.60. The van der Waals surface area contributed by atoms with Crippen LogP contribution in [0.2, 0.25) is 5.02 Å². The molecule has 1 amide bonds. The smallest absolute Gasteiger partial charge is 0.407 e. The Kier molecular flexibility index (Phi) is 5.76. The number of aromatic nitrogens is 2. The molecule has 3 rings (SSSR count). The number of hydrogen-bond acceptors (Lipinski definition) is 4. The third-order valence-corrected chi connectivity index (χ3v) is 4.48. The molecule has 7 heteroatoms. The summed E-state index contributed by atoms with van der Waals surface area (Å²) in [5.41, 5.74) is 4.82. The average Bonchev–Trinajstić information content (AvgIpc) is 2.92. The van der Waals surface area contributed by atoms with Crippen molar-refractivity contribution in [3.63, 3.8) is 0 Å². The quantitative estimate of drug-likeness (QED) is 0.670. The van der Waals surface area contributed by atoms with Crippen molar-refractivity contribution in [1.29, 1.82) is 0 Å². The number of ether oxygens (including phenoxy) is 1. The number of nitrogens with one attached hydrogen (secondary N) is 1. The van der Waals surface area contributed by atoms with Gasteiger partial charge in [0.15, 0.2) is 0 Å². The minimum Gasteiger partial charge on any atom is -0.450 e. The third-order valence-electron chi connectivity index (χ3n) is 4.24. The van der Waals surface area contributed by atoms with Crippen LogP contribution in [0, 0.1) is 0 Å². The van der Waals surface area contributed by atoms with Crippen molar-refractivity contribution in [2.75, 3.05) is 13.7 Å². The summed E-state index contributed by atoms with van der Waals surface area (Å²) in [6, 6.07) is 7.81. The maximum absolute atomic E-state index is 11.5. The number of rotatable bonds is 5. The van der Waals surface area contributed by atoms with Gasteiger partial charge < -0.3 is 14.6 Å². The SMILES string of the molecule is CCOC(=O)NCc1cncc(-c2c(C=NC)c3ccc(Cl)cc3n2C)c1. The van der Waals surface area contributed by atoms with Gasteiger partial charge >= 0.3 is 6.09 Å². The van der Waals surface area contributed by atoms with E-state index in [4.69, 9.17) is 16.3 Å². The number of aliphatic imine (C=N–C) groups is 1. The fraction of sp³-hybridized carbons (Fsp3) is 0.250. The van der Waals surface area contributed by atoms with Crippen LogP contribution in [0.25, 0.3) is 22.2 Å². The van der Waals surface area contributed by atoms with Crippen molar-refractivity contribution in [2.24, 2.45) is 12.0 Å². The monoisotopic (exact) mass is 384 g/mol. The van der Waals surface area contributed by atoms with E-state index in [1.165, 1.54) is 0 Å². The molecule has 2 heterocycles. The zero-order valence-electron chi connectivity index (χ0n) is 15.5. The number of nitrogens with zero attached hydrogens (tertiary/aromatic N) is 3. The molecule has 6 nitrogen and oxygen atoms in total. The Morgan fingerprint density at radius 2 is 2.19 bits per heavy atom. The summed E-state index contributed by atoms with van der Waals surface area (Å²) >= 11 is 6.19. The Morgan fingerprint density at radius 3 is 2.93 bits per heavy atom. The topological polar surface area (TPSA) is 68.5 Å². The number of amides is 1. The van der Waals surface area contributed by atoms with E-state index >= 15 is 0 Å². The number of pyridine rings is 1. The normalized spacial score (nSPS) is 11.3. The highest BCUT2D eigenvalue weighted by Gasteiger charge is 2.16. The summed E-state index contributed by atoms with van der Waals surface area (Å²) in [6.45, 7) is 2.44. The van der Waals surface area contributed by atoms with Crippen molar-refractivity contribution in [3.05, 3.63) is 52.8 Å². The highest BCUT2D eigenvalue weighted by molar-refractivity contribution is 6.31. The minimum absolute atomic E-state index is 0.336. The van der Waals surface area contributed by atoms with E-state index in [0.717, 1.165) is 33.3 Å².